The Kier molecular flexibility index (Phi) is 6.66. The summed E-state index contributed by atoms with van der Waals surface area (Å²) in [5.74, 6) is -2.60. The van der Waals surface area contributed by atoms with Crippen molar-refractivity contribution < 1.29 is 29.0 Å². The Morgan fingerprint density at radius 2 is 1.49 bits per heavy atom. The van der Waals surface area contributed by atoms with Gasteiger partial charge in [-0.05, 0) is 41.5 Å². The highest BCUT2D eigenvalue weighted by molar-refractivity contribution is 6.31. The second kappa shape index (κ2) is 9.82. The van der Waals surface area contributed by atoms with E-state index < -0.39 is 17.9 Å². The Hall–Kier alpha value is -4.43. The molecule has 0 aliphatic carbocycles. The fraction of sp³-hybridized carbons (Fsp3) is 0.0769. The van der Waals surface area contributed by atoms with Crippen molar-refractivity contribution in [2.24, 2.45) is 0 Å². The molecule has 176 valence electrons. The van der Waals surface area contributed by atoms with Gasteiger partial charge in [0.2, 0.25) is 0 Å². The third kappa shape index (κ3) is 4.51. The molecule has 1 heterocycles. The molecular formula is C26H19ClN2O6. The Balaban J connectivity index is 1.90. The number of carboxylic acid groups (broad SMARTS) is 1. The average molecular weight is 491 g/mol. The second-order valence-electron chi connectivity index (χ2n) is 7.38. The van der Waals surface area contributed by atoms with Crippen LogP contribution in [0, 0.1) is 0 Å². The number of carboxylic acids is 1. The number of nitrogens with zero attached hydrogens (tertiary/aromatic N) is 2. The van der Waals surface area contributed by atoms with Crippen LogP contribution >= 0.6 is 11.6 Å². The van der Waals surface area contributed by atoms with Gasteiger partial charge in [0.05, 0.1) is 25.5 Å². The third-order valence-electron chi connectivity index (χ3n) is 5.34. The Morgan fingerprint density at radius 1 is 0.857 bits per heavy atom. The number of aromatic carboxylic acids is 1. The predicted octanol–water partition coefficient (Wildman–Crippen LogP) is 5.13. The number of hydrogen-bond acceptors (Lipinski definition) is 6. The molecule has 1 N–H and O–H groups in total. The van der Waals surface area contributed by atoms with Crippen LogP contribution in [0.3, 0.4) is 0 Å². The number of carbonyl (C=O) groups excluding carboxylic acids is 2. The van der Waals surface area contributed by atoms with E-state index in [1.54, 1.807) is 54.6 Å². The summed E-state index contributed by atoms with van der Waals surface area (Å²) < 4.78 is 11.2. The monoisotopic (exact) mass is 490 g/mol. The Labute approximate surface area is 205 Å². The number of esters is 2. The van der Waals surface area contributed by atoms with Crippen LogP contribution in [-0.4, -0.2) is 47.0 Å². The van der Waals surface area contributed by atoms with Gasteiger partial charge in [0.25, 0.3) is 0 Å². The Morgan fingerprint density at radius 3 is 2.09 bits per heavy atom. The lowest BCUT2D eigenvalue weighted by Gasteiger charge is -2.08. The number of hydrogen-bond donors (Lipinski definition) is 1. The molecule has 0 atom stereocenters. The molecule has 0 aliphatic rings. The van der Waals surface area contributed by atoms with Crippen molar-refractivity contribution in [1.82, 2.24) is 9.78 Å². The maximum Gasteiger partial charge on any atom is 0.357 e. The molecule has 1 aromatic heterocycles. The van der Waals surface area contributed by atoms with Crippen LogP contribution in [0.5, 0.6) is 0 Å². The van der Waals surface area contributed by atoms with Crippen molar-refractivity contribution in [3.63, 3.8) is 0 Å². The topological polar surface area (TPSA) is 108 Å². The van der Waals surface area contributed by atoms with Gasteiger partial charge < -0.3 is 14.6 Å². The molecule has 4 rings (SSSR count). The zero-order chi connectivity index (χ0) is 25.1. The summed E-state index contributed by atoms with van der Waals surface area (Å²) in [6, 6.07) is 20.1. The van der Waals surface area contributed by atoms with Crippen LogP contribution in [0.2, 0.25) is 5.02 Å². The highest BCUT2D eigenvalue weighted by Gasteiger charge is 2.31. The first-order valence-corrected chi connectivity index (χ1v) is 10.7. The Bertz CT molecular complexity index is 1430. The van der Waals surface area contributed by atoms with Crippen molar-refractivity contribution >= 4 is 29.5 Å². The van der Waals surface area contributed by atoms with Crippen molar-refractivity contribution in [3.8, 4) is 28.1 Å². The SMILES string of the molecule is COC(=O)c1c(-c2ccc(-c3cc(Cl)ccc3C(=O)O)cc2)nn(-c2ccccc2)c1C(=O)OC. The van der Waals surface area contributed by atoms with E-state index in [-0.39, 0.29) is 22.5 Å². The predicted molar refractivity (Wildman–Crippen MR) is 129 cm³/mol. The van der Waals surface area contributed by atoms with Crippen LogP contribution in [0.15, 0.2) is 72.8 Å². The molecule has 0 bridgehead atoms. The van der Waals surface area contributed by atoms with Crippen molar-refractivity contribution in [2.75, 3.05) is 14.2 Å². The minimum atomic E-state index is -1.09. The zero-order valence-corrected chi connectivity index (χ0v) is 19.4. The van der Waals surface area contributed by atoms with Gasteiger partial charge in [0, 0.05) is 10.6 Å². The van der Waals surface area contributed by atoms with E-state index in [1.165, 1.54) is 31.0 Å². The van der Waals surface area contributed by atoms with E-state index in [9.17, 15) is 19.5 Å². The summed E-state index contributed by atoms with van der Waals surface area (Å²) in [6.45, 7) is 0. The van der Waals surface area contributed by atoms with Gasteiger partial charge in [-0.15, -0.1) is 0 Å². The number of benzene rings is 3. The minimum Gasteiger partial charge on any atom is -0.478 e. The molecule has 0 amide bonds. The molecular weight excluding hydrogens is 472 g/mol. The molecule has 35 heavy (non-hydrogen) atoms. The molecule has 0 radical (unpaired) electrons. The lowest BCUT2D eigenvalue weighted by atomic mass is 9.97. The smallest absolute Gasteiger partial charge is 0.357 e. The maximum absolute atomic E-state index is 12.8. The van der Waals surface area contributed by atoms with Crippen molar-refractivity contribution in [1.29, 1.82) is 0 Å². The molecule has 0 unspecified atom stereocenters. The highest BCUT2D eigenvalue weighted by Crippen LogP contribution is 2.32. The van der Waals surface area contributed by atoms with Gasteiger partial charge in [-0.25, -0.2) is 19.1 Å². The van der Waals surface area contributed by atoms with E-state index in [2.05, 4.69) is 5.10 Å². The van der Waals surface area contributed by atoms with Crippen molar-refractivity contribution in [3.05, 3.63) is 94.6 Å². The molecule has 4 aromatic rings. The highest BCUT2D eigenvalue weighted by atomic mass is 35.5. The van der Waals surface area contributed by atoms with E-state index in [4.69, 9.17) is 21.1 Å². The number of para-hydroxylation sites is 1. The van der Waals surface area contributed by atoms with E-state index >= 15 is 0 Å². The molecule has 0 fully saturated rings. The summed E-state index contributed by atoms with van der Waals surface area (Å²) in [4.78, 5) is 37.1. The fourth-order valence-electron chi connectivity index (χ4n) is 3.71. The van der Waals surface area contributed by atoms with Crippen LogP contribution in [0.4, 0.5) is 0 Å². The normalized spacial score (nSPS) is 10.6. The maximum atomic E-state index is 12.8. The first-order valence-electron chi connectivity index (χ1n) is 10.3. The summed E-state index contributed by atoms with van der Waals surface area (Å²) in [6.07, 6.45) is 0. The molecule has 0 spiro atoms. The summed E-state index contributed by atoms with van der Waals surface area (Å²) in [5.41, 5.74) is 2.27. The lowest BCUT2D eigenvalue weighted by molar-refractivity contribution is 0.0549. The summed E-state index contributed by atoms with van der Waals surface area (Å²) >= 11 is 6.09. The number of carbonyl (C=O) groups is 3. The lowest BCUT2D eigenvalue weighted by Crippen LogP contribution is -2.15. The van der Waals surface area contributed by atoms with E-state index in [0.717, 1.165) is 0 Å². The average Bonchev–Trinajstić information content (AvgIpc) is 3.29. The van der Waals surface area contributed by atoms with Gasteiger partial charge in [-0.3, -0.25) is 0 Å². The van der Waals surface area contributed by atoms with Crippen LogP contribution in [0.1, 0.15) is 31.2 Å². The molecule has 0 aliphatic heterocycles. The van der Waals surface area contributed by atoms with Gasteiger partial charge in [-0.1, -0.05) is 54.1 Å². The van der Waals surface area contributed by atoms with Gasteiger partial charge in [0.1, 0.15) is 11.3 Å². The van der Waals surface area contributed by atoms with Crippen LogP contribution in [-0.2, 0) is 9.47 Å². The van der Waals surface area contributed by atoms with Crippen LogP contribution < -0.4 is 0 Å². The largest absolute Gasteiger partial charge is 0.478 e. The quantitative estimate of drug-likeness (QED) is 0.373. The second-order valence-corrected chi connectivity index (χ2v) is 7.81. The summed E-state index contributed by atoms with van der Waals surface area (Å²) in [5, 5.41) is 14.5. The summed E-state index contributed by atoms with van der Waals surface area (Å²) in [7, 11) is 2.42. The standard InChI is InChI=1S/C26H19ClN2O6/c1-34-25(32)21-22(28-29(23(21)26(33)35-2)18-6-4-3-5-7-18)16-10-8-15(9-11-16)20-14-17(27)12-13-19(20)24(30)31/h3-14H,1-2H3,(H,30,31). The number of ether oxygens (including phenoxy) is 2. The number of rotatable bonds is 6. The zero-order valence-electron chi connectivity index (χ0n) is 18.7. The van der Waals surface area contributed by atoms with Gasteiger partial charge in [0.15, 0.2) is 5.69 Å². The molecule has 3 aromatic carbocycles. The van der Waals surface area contributed by atoms with Gasteiger partial charge >= 0.3 is 17.9 Å². The third-order valence-corrected chi connectivity index (χ3v) is 5.57. The van der Waals surface area contributed by atoms with Crippen molar-refractivity contribution in [2.45, 2.75) is 0 Å². The first kappa shape index (κ1) is 23.7. The number of methoxy groups -OCH3 is 2. The molecule has 0 saturated carbocycles. The van der Waals surface area contributed by atoms with Crippen LogP contribution in [0.25, 0.3) is 28.1 Å². The fourth-order valence-corrected chi connectivity index (χ4v) is 3.88. The number of halogens is 1. The number of aromatic nitrogens is 2. The van der Waals surface area contributed by atoms with Gasteiger partial charge in [-0.2, -0.15) is 5.10 Å². The first-order chi connectivity index (χ1) is 16.8. The molecule has 8 nitrogen and oxygen atoms in total. The minimum absolute atomic E-state index is 0.0510. The van der Waals surface area contributed by atoms with E-state index in [0.29, 0.717) is 27.4 Å². The molecule has 0 saturated heterocycles. The van der Waals surface area contributed by atoms with E-state index in [1.807, 2.05) is 6.07 Å². The molecule has 9 heteroatoms.